The molecular weight excluding hydrogens is 504 g/mol. The SMILES string of the molecule is C/C(=C/CC/C(C)=C\C(C/C(C)=C\CC/C(C)=C\COCc1ccccc1)S(=O)(=O)c1ccc(C)cc1)CO. The lowest BCUT2D eigenvalue weighted by Gasteiger charge is -2.17. The molecule has 0 aliphatic heterocycles. The Balaban J connectivity index is 2.03. The van der Waals surface area contributed by atoms with E-state index in [0.29, 0.717) is 24.5 Å². The lowest BCUT2D eigenvalue weighted by atomic mass is 10.0. The van der Waals surface area contributed by atoms with Crippen molar-refractivity contribution in [3.05, 3.63) is 112 Å². The van der Waals surface area contributed by atoms with Crippen molar-refractivity contribution in [2.24, 2.45) is 0 Å². The molecule has 0 spiro atoms. The van der Waals surface area contributed by atoms with E-state index in [9.17, 15) is 13.5 Å². The molecule has 0 heterocycles. The monoisotopic (exact) mass is 550 g/mol. The highest BCUT2D eigenvalue weighted by molar-refractivity contribution is 7.92. The van der Waals surface area contributed by atoms with Crippen LogP contribution in [0.25, 0.3) is 0 Å². The van der Waals surface area contributed by atoms with Gasteiger partial charge in [0.2, 0.25) is 0 Å². The highest BCUT2D eigenvalue weighted by atomic mass is 32.2. The number of hydrogen-bond donors (Lipinski definition) is 1. The summed E-state index contributed by atoms with van der Waals surface area (Å²) in [6.07, 6.45) is 12.0. The van der Waals surface area contributed by atoms with Gasteiger partial charge in [0.15, 0.2) is 9.84 Å². The van der Waals surface area contributed by atoms with Crippen LogP contribution in [0.1, 0.15) is 70.9 Å². The zero-order valence-corrected chi connectivity index (χ0v) is 25.1. The number of hydrogen-bond acceptors (Lipinski definition) is 4. The zero-order valence-electron chi connectivity index (χ0n) is 24.3. The zero-order chi connectivity index (χ0) is 28.7. The van der Waals surface area contributed by atoms with E-state index in [2.05, 4.69) is 31.2 Å². The maximum atomic E-state index is 13.6. The summed E-state index contributed by atoms with van der Waals surface area (Å²) in [5.74, 6) is 0. The molecule has 1 atom stereocenters. The van der Waals surface area contributed by atoms with Gasteiger partial charge in [0, 0.05) is 0 Å². The van der Waals surface area contributed by atoms with E-state index in [1.807, 2.05) is 70.2 Å². The van der Waals surface area contributed by atoms with Crippen LogP contribution in [0, 0.1) is 6.92 Å². The van der Waals surface area contributed by atoms with E-state index in [1.165, 1.54) is 11.1 Å². The molecule has 39 heavy (non-hydrogen) atoms. The molecule has 0 bridgehead atoms. The van der Waals surface area contributed by atoms with Crippen LogP contribution in [0.5, 0.6) is 0 Å². The van der Waals surface area contributed by atoms with Gasteiger partial charge in [-0.2, -0.15) is 0 Å². The summed E-state index contributed by atoms with van der Waals surface area (Å²) in [5.41, 5.74) is 6.51. The van der Waals surface area contributed by atoms with Gasteiger partial charge in [-0.1, -0.05) is 94.6 Å². The third-order valence-electron chi connectivity index (χ3n) is 6.72. The molecule has 0 aromatic heterocycles. The largest absolute Gasteiger partial charge is 0.392 e. The summed E-state index contributed by atoms with van der Waals surface area (Å²) >= 11 is 0. The summed E-state index contributed by atoms with van der Waals surface area (Å²) in [6.45, 7) is 11.2. The van der Waals surface area contributed by atoms with Crippen LogP contribution in [0.2, 0.25) is 0 Å². The Bertz CT molecular complexity index is 1230. The summed E-state index contributed by atoms with van der Waals surface area (Å²) in [6, 6.07) is 17.3. The fourth-order valence-corrected chi connectivity index (χ4v) is 5.93. The van der Waals surface area contributed by atoms with Crippen molar-refractivity contribution in [1.82, 2.24) is 0 Å². The Morgan fingerprint density at radius 2 is 1.44 bits per heavy atom. The van der Waals surface area contributed by atoms with Gasteiger partial charge in [-0.15, -0.1) is 0 Å². The summed E-state index contributed by atoms with van der Waals surface area (Å²) in [5, 5.41) is 8.60. The predicted octanol–water partition coefficient (Wildman–Crippen LogP) is 8.08. The molecule has 0 saturated carbocycles. The highest BCUT2D eigenvalue weighted by Gasteiger charge is 2.26. The minimum Gasteiger partial charge on any atom is -0.392 e. The van der Waals surface area contributed by atoms with Crippen LogP contribution in [0.3, 0.4) is 0 Å². The highest BCUT2D eigenvalue weighted by Crippen LogP contribution is 2.25. The van der Waals surface area contributed by atoms with Gasteiger partial charge in [0.05, 0.1) is 30.0 Å². The van der Waals surface area contributed by atoms with Crippen LogP contribution < -0.4 is 0 Å². The van der Waals surface area contributed by atoms with Crippen molar-refractivity contribution in [3.8, 4) is 0 Å². The molecule has 4 nitrogen and oxygen atoms in total. The molecule has 0 saturated heterocycles. The number of rotatable bonds is 16. The molecule has 212 valence electrons. The molecule has 2 aromatic carbocycles. The Hall–Kier alpha value is -2.73. The molecule has 0 amide bonds. The topological polar surface area (TPSA) is 63.6 Å². The van der Waals surface area contributed by atoms with Crippen LogP contribution in [-0.2, 0) is 21.2 Å². The molecule has 0 fully saturated rings. The van der Waals surface area contributed by atoms with E-state index in [4.69, 9.17) is 4.74 Å². The molecule has 0 radical (unpaired) electrons. The summed E-state index contributed by atoms with van der Waals surface area (Å²) in [7, 11) is -3.53. The number of aliphatic hydroxyl groups is 1. The lowest BCUT2D eigenvalue weighted by Crippen LogP contribution is -2.20. The Morgan fingerprint density at radius 1 is 0.821 bits per heavy atom. The quantitative estimate of drug-likeness (QED) is 0.169. The summed E-state index contributed by atoms with van der Waals surface area (Å²) in [4.78, 5) is 0.361. The first-order valence-electron chi connectivity index (χ1n) is 13.8. The molecule has 1 unspecified atom stereocenters. The first-order chi connectivity index (χ1) is 18.6. The van der Waals surface area contributed by atoms with Gasteiger partial charge >= 0.3 is 0 Å². The van der Waals surface area contributed by atoms with Gasteiger partial charge in [0.1, 0.15) is 0 Å². The van der Waals surface area contributed by atoms with Crippen LogP contribution in [0.15, 0.2) is 106 Å². The van der Waals surface area contributed by atoms with Crippen LogP contribution in [0.4, 0.5) is 0 Å². The fraction of sp³-hybridized carbons (Fsp3) is 0.412. The summed E-state index contributed by atoms with van der Waals surface area (Å²) < 4.78 is 33.0. The molecule has 0 aliphatic carbocycles. The average molecular weight is 551 g/mol. The first kappa shape index (κ1) is 32.5. The molecule has 2 aromatic rings. The van der Waals surface area contributed by atoms with E-state index in [0.717, 1.165) is 48.0 Å². The minimum absolute atomic E-state index is 0.0482. The van der Waals surface area contributed by atoms with Crippen molar-refractivity contribution >= 4 is 9.84 Å². The van der Waals surface area contributed by atoms with Gasteiger partial charge < -0.3 is 9.84 Å². The third kappa shape index (κ3) is 12.3. The van der Waals surface area contributed by atoms with Gasteiger partial charge in [0.25, 0.3) is 0 Å². The Kier molecular flexibility index (Phi) is 14.2. The van der Waals surface area contributed by atoms with Gasteiger partial charge in [-0.05, 0) is 84.4 Å². The third-order valence-corrected chi connectivity index (χ3v) is 8.74. The van der Waals surface area contributed by atoms with E-state index >= 15 is 0 Å². The van der Waals surface area contributed by atoms with Crippen molar-refractivity contribution in [2.45, 2.75) is 83.5 Å². The van der Waals surface area contributed by atoms with E-state index < -0.39 is 15.1 Å². The first-order valence-corrected chi connectivity index (χ1v) is 15.3. The van der Waals surface area contributed by atoms with Crippen molar-refractivity contribution in [3.63, 3.8) is 0 Å². The molecular formula is C34H46O4S. The second kappa shape index (κ2) is 17.1. The van der Waals surface area contributed by atoms with Crippen molar-refractivity contribution in [1.29, 1.82) is 0 Å². The second-order valence-electron chi connectivity index (χ2n) is 10.5. The molecule has 0 aliphatic rings. The van der Waals surface area contributed by atoms with Gasteiger partial charge in [-0.25, -0.2) is 8.42 Å². The van der Waals surface area contributed by atoms with E-state index in [1.54, 1.807) is 12.1 Å². The number of aryl methyl sites for hydroxylation is 1. The standard InChI is InChI=1S/C34H46O4S/c1-27(21-22-38-26-32-15-7-6-8-16-32)11-9-12-29(3)23-34(24-30(4)13-10-14-31(5)25-35)39(36,37)33-19-17-28(2)18-20-33/h6-8,12,14-21,24,34-35H,9-11,13,22-23,25-26H2,1-5H3/b27-21-,29-12-,30-24-,31-14-. The normalized spacial score (nSPS) is 14.5. The Labute approximate surface area is 236 Å². The average Bonchev–Trinajstić information content (AvgIpc) is 2.91. The Morgan fingerprint density at radius 3 is 2.08 bits per heavy atom. The second-order valence-corrected chi connectivity index (χ2v) is 12.7. The van der Waals surface area contributed by atoms with Crippen LogP contribution >= 0.6 is 0 Å². The number of sulfone groups is 1. The van der Waals surface area contributed by atoms with Crippen molar-refractivity contribution < 1.29 is 18.3 Å². The fourth-order valence-electron chi connectivity index (χ4n) is 4.17. The van der Waals surface area contributed by atoms with Gasteiger partial charge in [-0.3, -0.25) is 0 Å². The number of benzene rings is 2. The van der Waals surface area contributed by atoms with E-state index in [-0.39, 0.29) is 6.61 Å². The number of aliphatic hydroxyl groups excluding tert-OH is 1. The maximum absolute atomic E-state index is 13.6. The number of allylic oxidation sites excluding steroid dienone is 5. The molecule has 5 heteroatoms. The number of ether oxygens (including phenoxy) is 1. The van der Waals surface area contributed by atoms with Crippen molar-refractivity contribution in [2.75, 3.05) is 13.2 Å². The molecule has 2 rings (SSSR count). The smallest absolute Gasteiger partial charge is 0.185 e. The van der Waals surface area contributed by atoms with Crippen LogP contribution in [-0.4, -0.2) is 32.0 Å². The minimum atomic E-state index is -3.53. The molecule has 1 N–H and O–H groups in total. The predicted molar refractivity (Wildman–Crippen MR) is 163 cm³/mol. The maximum Gasteiger partial charge on any atom is 0.185 e. The lowest BCUT2D eigenvalue weighted by molar-refractivity contribution is 0.148.